The summed E-state index contributed by atoms with van der Waals surface area (Å²) in [6.45, 7) is 9.50. The molecule has 1 aliphatic carbocycles. The fourth-order valence-electron chi connectivity index (χ4n) is 3.45. The van der Waals surface area contributed by atoms with Crippen molar-refractivity contribution in [1.29, 1.82) is 0 Å². The Morgan fingerprint density at radius 2 is 2.00 bits per heavy atom. The first-order chi connectivity index (χ1) is 9.33. The third-order valence-electron chi connectivity index (χ3n) is 5.19. The molecule has 1 amide bonds. The lowest BCUT2D eigenvalue weighted by Crippen LogP contribution is -2.47. The highest BCUT2D eigenvalue weighted by Gasteiger charge is 2.50. The molecule has 1 saturated heterocycles. The lowest BCUT2D eigenvalue weighted by Gasteiger charge is -2.34. The molecular weight excluding hydrogens is 268 g/mol. The van der Waals surface area contributed by atoms with E-state index in [1.54, 1.807) is 0 Å². The van der Waals surface area contributed by atoms with E-state index in [0.29, 0.717) is 11.8 Å². The van der Waals surface area contributed by atoms with Crippen LogP contribution in [-0.2, 0) is 4.79 Å². The van der Waals surface area contributed by atoms with Crippen LogP contribution < -0.4 is 5.32 Å². The van der Waals surface area contributed by atoms with E-state index in [1.165, 1.54) is 25.7 Å². The zero-order valence-corrected chi connectivity index (χ0v) is 14.5. The number of carbonyl (C=O) groups is 1. The van der Waals surface area contributed by atoms with Crippen LogP contribution in [0, 0.1) is 5.92 Å². The predicted molar refractivity (Wildman–Crippen MR) is 86.9 cm³/mol. The molecule has 116 valence electrons. The Hall–Kier alpha value is -0.220. The largest absolute Gasteiger partial charge is 0.324 e. The lowest BCUT2D eigenvalue weighted by atomic mass is 9.99. The third-order valence-corrected chi connectivity index (χ3v) is 6.43. The first-order valence-electron chi connectivity index (χ1n) is 7.97. The van der Waals surface area contributed by atoms with Crippen LogP contribution in [0.5, 0.6) is 0 Å². The number of thioether (sulfide) groups is 1. The van der Waals surface area contributed by atoms with E-state index in [2.05, 4.69) is 44.2 Å². The molecule has 1 N–H and O–H groups in total. The van der Waals surface area contributed by atoms with E-state index >= 15 is 0 Å². The third kappa shape index (κ3) is 3.01. The smallest absolute Gasteiger partial charge is 0.243 e. The van der Waals surface area contributed by atoms with Crippen LogP contribution in [0.3, 0.4) is 0 Å². The minimum absolute atomic E-state index is 0.118. The summed E-state index contributed by atoms with van der Waals surface area (Å²) < 4.78 is 0.118. The second-order valence-corrected chi connectivity index (χ2v) is 8.73. The van der Waals surface area contributed by atoms with Crippen LogP contribution in [0.25, 0.3) is 0 Å². The van der Waals surface area contributed by atoms with Gasteiger partial charge >= 0.3 is 0 Å². The summed E-state index contributed by atoms with van der Waals surface area (Å²) in [7, 11) is 0. The predicted octanol–water partition coefficient (Wildman–Crippen LogP) is 3.24. The molecule has 2 unspecified atom stereocenters. The summed E-state index contributed by atoms with van der Waals surface area (Å²) in [6.07, 6.45) is 8.42. The molecule has 0 aromatic carbocycles. The second-order valence-electron chi connectivity index (χ2n) is 7.22. The van der Waals surface area contributed by atoms with E-state index in [-0.39, 0.29) is 16.5 Å². The summed E-state index contributed by atoms with van der Waals surface area (Å²) in [4.78, 5) is 15.0. The zero-order valence-electron chi connectivity index (χ0n) is 13.7. The molecule has 2 fully saturated rings. The molecule has 0 radical (unpaired) electrons. The van der Waals surface area contributed by atoms with Gasteiger partial charge in [-0.1, -0.05) is 19.8 Å². The Kier molecular flexibility index (Phi) is 4.75. The second kappa shape index (κ2) is 5.88. The number of hydrogen-bond acceptors (Lipinski definition) is 3. The van der Waals surface area contributed by atoms with Gasteiger partial charge in [-0.2, -0.15) is 11.8 Å². The minimum Gasteiger partial charge on any atom is -0.324 e. The molecule has 1 heterocycles. The summed E-state index contributed by atoms with van der Waals surface area (Å²) in [6, 6.07) is 0. The van der Waals surface area contributed by atoms with E-state index in [0.717, 1.165) is 13.0 Å². The standard InChI is InChI=1S/C16H30N2OS/c1-6-16(4)14(19)18(11-15(2,3)20-5)13(17-16)12-9-7-8-10-12/h12-13,17H,6-11H2,1-5H3. The molecule has 1 aliphatic heterocycles. The molecule has 0 aromatic heterocycles. The van der Waals surface area contributed by atoms with Crippen LogP contribution in [0.1, 0.15) is 59.8 Å². The van der Waals surface area contributed by atoms with Crippen LogP contribution in [0.15, 0.2) is 0 Å². The van der Waals surface area contributed by atoms with Gasteiger partial charge in [0.25, 0.3) is 0 Å². The molecule has 2 aliphatic rings. The summed E-state index contributed by atoms with van der Waals surface area (Å²) >= 11 is 1.85. The molecule has 1 saturated carbocycles. The van der Waals surface area contributed by atoms with Crippen molar-refractivity contribution in [1.82, 2.24) is 10.2 Å². The Balaban J connectivity index is 2.21. The van der Waals surface area contributed by atoms with Crippen LogP contribution >= 0.6 is 11.8 Å². The Labute approximate surface area is 128 Å². The van der Waals surface area contributed by atoms with Crippen molar-refractivity contribution in [3.05, 3.63) is 0 Å². The molecule has 4 heteroatoms. The molecule has 0 spiro atoms. The van der Waals surface area contributed by atoms with Gasteiger partial charge in [-0.25, -0.2) is 0 Å². The van der Waals surface area contributed by atoms with Gasteiger partial charge in [0.1, 0.15) is 0 Å². The Morgan fingerprint density at radius 1 is 1.40 bits per heavy atom. The number of carbonyl (C=O) groups excluding carboxylic acids is 1. The fourth-order valence-corrected chi connectivity index (χ4v) is 3.72. The summed E-state index contributed by atoms with van der Waals surface area (Å²) in [5, 5.41) is 3.67. The van der Waals surface area contributed by atoms with Crippen molar-refractivity contribution >= 4 is 17.7 Å². The Morgan fingerprint density at radius 3 is 2.50 bits per heavy atom. The molecule has 20 heavy (non-hydrogen) atoms. The van der Waals surface area contributed by atoms with Crippen LogP contribution in [-0.4, -0.2) is 40.1 Å². The quantitative estimate of drug-likeness (QED) is 0.845. The number of nitrogens with zero attached hydrogens (tertiary/aromatic N) is 1. The number of rotatable bonds is 5. The van der Waals surface area contributed by atoms with Crippen molar-refractivity contribution in [2.45, 2.75) is 76.3 Å². The maximum absolute atomic E-state index is 12.9. The van der Waals surface area contributed by atoms with Gasteiger partial charge in [0.05, 0.1) is 11.7 Å². The van der Waals surface area contributed by atoms with E-state index in [1.807, 2.05) is 11.8 Å². The fraction of sp³-hybridized carbons (Fsp3) is 0.938. The normalized spacial score (nSPS) is 32.4. The molecule has 3 nitrogen and oxygen atoms in total. The highest BCUT2D eigenvalue weighted by atomic mass is 32.2. The average Bonchev–Trinajstić information content (AvgIpc) is 3.02. The molecule has 2 atom stereocenters. The number of amides is 1. The van der Waals surface area contributed by atoms with Crippen molar-refractivity contribution in [2.24, 2.45) is 5.92 Å². The van der Waals surface area contributed by atoms with Crippen molar-refractivity contribution < 1.29 is 4.79 Å². The highest BCUT2D eigenvalue weighted by Crippen LogP contribution is 2.37. The van der Waals surface area contributed by atoms with Crippen molar-refractivity contribution in [2.75, 3.05) is 12.8 Å². The number of hydrogen-bond donors (Lipinski definition) is 1. The SMILES string of the molecule is CCC1(C)NC(C2CCCC2)N(CC(C)(C)SC)C1=O. The van der Waals surface area contributed by atoms with Gasteiger partial charge in [-0.3, -0.25) is 10.1 Å². The molecular formula is C16H30N2OS. The number of nitrogens with one attached hydrogen (secondary N) is 1. The summed E-state index contributed by atoms with van der Waals surface area (Å²) in [5.41, 5.74) is -0.359. The first-order valence-corrected chi connectivity index (χ1v) is 9.19. The minimum atomic E-state index is -0.359. The Bertz CT molecular complexity index is 365. The van der Waals surface area contributed by atoms with Gasteiger partial charge in [-0.15, -0.1) is 0 Å². The van der Waals surface area contributed by atoms with Gasteiger partial charge < -0.3 is 4.90 Å². The van der Waals surface area contributed by atoms with Gasteiger partial charge in [0, 0.05) is 11.3 Å². The van der Waals surface area contributed by atoms with E-state index in [9.17, 15) is 4.79 Å². The highest BCUT2D eigenvalue weighted by molar-refractivity contribution is 7.99. The van der Waals surface area contributed by atoms with Gasteiger partial charge in [0.2, 0.25) is 5.91 Å². The molecule has 2 rings (SSSR count). The zero-order chi connectivity index (χ0) is 15.0. The van der Waals surface area contributed by atoms with Crippen LogP contribution in [0.2, 0.25) is 0 Å². The average molecular weight is 298 g/mol. The van der Waals surface area contributed by atoms with Crippen molar-refractivity contribution in [3.8, 4) is 0 Å². The molecule has 0 aromatic rings. The van der Waals surface area contributed by atoms with E-state index < -0.39 is 0 Å². The molecule has 0 bridgehead atoms. The lowest BCUT2D eigenvalue weighted by molar-refractivity contribution is -0.133. The first kappa shape index (κ1) is 16.2. The van der Waals surface area contributed by atoms with E-state index in [4.69, 9.17) is 0 Å². The van der Waals surface area contributed by atoms with Gasteiger partial charge in [0.15, 0.2) is 0 Å². The maximum atomic E-state index is 12.9. The monoisotopic (exact) mass is 298 g/mol. The maximum Gasteiger partial charge on any atom is 0.243 e. The van der Waals surface area contributed by atoms with Crippen LogP contribution in [0.4, 0.5) is 0 Å². The van der Waals surface area contributed by atoms with Gasteiger partial charge in [-0.05, 0) is 52.2 Å². The topological polar surface area (TPSA) is 32.3 Å². The van der Waals surface area contributed by atoms with Crippen molar-refractivity contribution in [3.63, 3.8) is 0 Å². The summed E-state index contributed by atoms with van der Waals surface area (Å²) in [5.74, 6) is 0.948.